The summed E-state index contributed by atoms with van der Waals surface area (Å²) in [5.41, 5.74) is 0.0110. The minimum absolute atomic E-state index is 0.207. The summed E-state index contributed by atoms with van der Waals surface area (Å²) >= 11 is 0. The number of nitrogens with zero attached hydrogens (tertiary/aromatic N) is 2. The molecule has 0 aliphatic heterocycles. The van der Waals surface area contributed by atoms with Gasteiger partial charge in [0, 0.05) is 12.6 Å². The molecule has 2 atom stereocenters. The number of nitrogens with one attached hydrogen (secondary N) is 1. The fraction of sp³-hybridized carbons (Fsp3) is 0.643. The lowest BCUT2D eigenvalue weighted by molar-refractivity contribution is 0.0712. The fourth-order valence-corrected chi connectivity index (χ4v) is 2.46. The Bertz CT molecular complexity index is 527. The standard InChI is InChI=1S/C14H21N3O3/c1-2-9-17-13(19)8-7-11(16-17)14(20)15-10-5-3-4-6-12(10)18/h7-8,10,12,18H,2-6,9H2,1H3,(H,15,20). The summed E-state index contributed by atoms with van der Waals surface area (Å²) in [4.78, 5) is 23.7. The van der Waals surface area contributed by atoms with Crippen LogP contribution in [0, 0.1) is 0 Å². The van der Waals surface area contributed by atoms with E-state index in [4.69, 9.17) is 0 Å². The van der Waals surface area contributed by atoms with Gasteiger partial charge in [0.05, 0.1) is 12.1 Å². The molecule has 1 heterocycles. The van der Waals surface area contributed by atoms with E-state index in [9.17, 15) is 14.7 Å². The van der Waals surface area contributed by atoms with E-state index in [-0.39, 0.29) is 23.2 Å². The molecule has 20 heavy (non-hydrogen) atoms. The van der Waals surface area contributed by atoms with Gasteiger partial charge in [-0.1, -0.05) is 19.8 Å². The zero-order chi connectivity index (χ0) is 14.5. The number of carbonyl (C=O) groups excluding carboxylic acids is 1. The van der Waals surface area contributed by atoms with E-state index in [1.54, 1.807) is 0 Å². The van der Waals surface area contributed by atoms with E-state index in [0.29, 0.717) is 13.0 Å². The smallest absolute Gasteiger partial charge is 0.272 e. The van der Waals surface area contributed by atoms with Crippen molar-refractivity contribution in [2.45, 2.75) is 57.7 Å². The SMILES string of the molecule is CCCn1nc(C(=O)NC2CCCCC2O)ccc1=O. The van der Waals surface area contributed by atoms with Gasteiger partial charge in [-0.05, 0) is 25.3 Å². The number of rotatable bonds is 4. The summed E-state index contributed by atoms with van der Waals surface area (Å²) in [5, 5.41) is 16.7. The minimum Gasteiger partial charge on any atom is -0.391 e. The molecule has 6 heteroatoms. The van der Waals surface area contributed by atoms with Crippen molar-refractivity contribution < 1.29 is 9.90 Å². The van der Waals surface area contributed by atoms with Crippen LogP contribution in [0.15, 0.2) is 16.9 Å². The second-order valence-corrected chi connectivity index (χ2v) is 5.21. The fourth-order valence-electron chi connectivity index (χ4n) is 2.46. The topological polar surface area (TPSA) is 84.2 Å². The lowest BCUT2D eigenvalue weighted by Gasteiger charge is -2.28. The molecule has 1 aliphatic carbocycles. The van der Waals surface area contributed by atoms with Crippen LogP contribution in [0.1, 0.15) is 49.5 Å². The van der Waals surface area contributed by atoms with Gasteiger partial charge in [0.2, 0.25) is 0 Å². The largest absolute Gasteiger partial charge is 0.391 e. The molecular weight excluding hydrogens is 258 g/mol. The molecule has 6 nitrogen and oxygen atoms in total. The highest BCUT2D eigenvalue weighted by molar-refractivity contribution is 5.92. The summed E-state index contributed by atoms with van der Waals surface area (Å²) in [5.74, 6) is -0.333. The Morgan fingerprint density at radius 3 is 2.90 bits per heavy atom. The van der Waals surface area contributed by atoms with Crippen LogP contribution >= 0.6 is 0 Å². The van der Waals surface area contributed by atoms with E-state index in [1.807, 2.05) is 6.92 Å². The van der Waals surface area contributed by atoms with Gasteiger partial charge in [0.1, 0.15) is 5.69 Å². The quantitative estimate of drug-likeness (QED) is 0.849. The maximum atomic E-state index is 12.1. The number of aliphatic hydroxyl groups is 1. The van der Waals surface area contributed by atoms with Crippen molar-refractivity contribution >= 4 is 5.91 Å². The third-order valence-corrected chi connectivity index (χ3v) is 3.58. The molecule has 1 fully saturated rings. The zero-order valence-electron chi connectivity index (χ0n) is 11.7. The van der Waals surface area contributed by atoms with E-state index in [2.05, 4.69) is 10.4 Å². The number of aliphatic hydroxyl groups excluding tert-OH is 1. The molecule has 2 rings (SSSR count). The van der Waals surface area contributed by atoms with E-state index in [0.717, 1.165) is 25.7 Å². The molecular formula is C14H21N3O3. The first-order valence-corrected chi connectivity index (χ1v) is 7.19. The van der Waals surface area contributed by atoms with Crippen LogP contribution in [0.3, 0.4) is 0 Å². The van der Waals surface area contributed by atoms with Gasteiger partial charge >= 0.3 is 0 Å². The molecule has 0 saturated heterocycles. The molecule has 0 spiro atoms. The van der Waals surface area contributed by atoms with Crippen LogP contribution in [0.25, 0.3) is 0 Å². The molecule has 2 unspecified atom stereocenters. The summed E-state index contributed by atoms with van der Waals surface area (Å²) in [7, 11) is 0. The van der Waals surface area contributed by atoms with Gasteiger partial charge in [0.15, 0.2) is 0 Å². The van der Waals surface area contributed by atoms with Crippen LogP contribution in [0.5, 0.6) is 0 Å². The Hall–Kier alpha value is -1.69. The summed E-state index contributed by atoms with van der Waals surface area (Å²) in [6, 6.07) is 2.57. The first kappa shape index (κ1) is 14.7. The average Bonchev–Trinajstić information content (AvgIpc) is 2.44. The lowest BCUT2D eigenvalue weighted by Crippen LogP contribution is -2.45. The number of aryl methyl sites for hydroxylation is 1. The van der Waals surface area contributed by atoms with Crippen LogP contribution < -0.4 is 10.9 Å². The molecule has 110 valence electrons. The molecule has 0 bridgehead atoms. The maximum Gasteiger partial charge on any atom is 0.272 e. The van der Waals surface area contributed by atoms with Crippen LogP contribution in [-0.2, 0) is 6.54 Å². The Morgan fingerprint density at radius 2 is 2.20 bits per heavy atom. The van der Waals surface area contributed by atoms with Crippen LogP contribution in [0.2, 0.25) is 0 Å². The van der Waals surface area contributed by atoms with Crippen molar-refractivity contribution in [2.24, 2.45) is 0 Å². The monoisotopic (exact) mass is 279 g/mol. The highest BCUT2D eigenvalue weighted by Gasteiger charge is 2.25. The third-order valence-electron chi connectivity index (χ3n) is 3.58. The van der Waals surface area contributed by atoms with Gasteiger partial charge in [-0.3, -0.25) is 9.59 Å². The number of hydrogen-bond acceptors (Lipinski definition) is 4. The number of carbonyl (C=O) groups is 1. The summed E-state index contributed by atoms with van der Waals surface area (Å²) in [6.07, 6.45) is 3.78. The Balaban J connectivity index is 2.08. The van der Waals surface area contributed by atoms with Gasteiger partial charge in [-0.15, -0.1) is 0 Å². The number of amides is 1. The zero-order valence-corrected chi connectivity index (χ0v) is 11.7. The van der Waals surface area contributed by atoms with E-state index >= 15 is 0 Å². The van der Waals surface area contributed by atoms with Crippen molar-refractivity contribution in [2.75, 3.05) is 0 Å². The van der Waals surface area contributed by atoms with Crippen LogP contribution in [-0.4, -0.2) is 32.9 Å². The minimum atomic E-state index is -0.491. The molecule has 1 aromatic rings. The highest BCUT2D eigenvalue weighted by atomic mass is 16.3. The van der Waals surface area contributed by atoms with Crippen molar-refractivity contribution in [3.05, 3.63) is 28.2 Å². The number of aromatic nitrogens is 2. The molecule has 0 aromatic carbocycles. The maximum absolute atomic E-state index is 12.1. The molecule has 1 saturated carbocycles. The predicted molar refractivity (Wildman–Crippen MR) is 74.5 cm³/mol. The molecule has 1 aromatic heterocycles. The van der Waals surface area contributed by atoms with Gasteiger partial charge < -0.3 is 10.4 Å². The second-order valence-electron chi connectivity index (χ2n) is 5.21. The Labute approximate surface area is 117 Å². The molecule has 0 radical (unpaired) electrons. The first-order valence-electron chi connectivity index (χ1n) is 7.19. The summed E-state index contributed by atoms with van der Waals surface area (Å²) in [6.45, 7) is 2.44. The molecule has 1 aliphatic rings. The highest BCUT2D eigenvalue weighted by Crippen LogP contribution is 2.18. The second kappa shape index (κ2) is 6.65. The van der Waals surface area contributed by atoms with Gasteiger partial charge in [-0.25, -0.2) is 4.68 Å². The summed E-state index contributed by atoms with van der Waals surface area (Å²) < 4.78 is 1.30. The van der Waals surface area contributed by atoms with E-state index < -0.39 is 6.10 Å². The van der Waals surface area contributed by atoms with Crippen LogP contribution in [0.4, 0.5) is 0 Å². The Kier molecular flexibility index (Phi) is 4.89. The van der Waals surface area contributed by atoms with Crippen molar-refractivity contribution in [3.8, 4) is 0 Å². The average molecular weight is 279 g/mol. The van der Waals surface area contributed by atoms with Gasteiger partial charge in [-0.2, -0.15) is 5.10 Å². The van der Waals surface area contributed by atoms with Crippen molar-refractivity contribution in [1.82, 2.24) is 15.1 Å². The predicted octanol–water partition coefficient (Wildman–Crippen LogP) is 0.687. The molecule has 2 N–H and O–H groups in total. The van der Waals surface area contributed by atoms with Crippen molar-refractivity contribution in [3.63, 3.8) is 0 Å². The first-order chi connectivity index (χ1) is 9.61. The normalized spacial score (nSPS) is 22.5. The van der Waals surface area contributed by atoms with Gasteiger partial charge in [0.25, 0.3) is 11.5 Å². The van der Waals surface area contributed by atoms with Crippen molar-refractivity contribution in [1.29, 1.82) is 0 Å². The number of hydrogen-bond donors (Lipinski definition) is 2. The Morgan fingerprint density at radius 1 is 1.45 bits per heavy atom. The van der Waals surface area contributed by atoms with E-state index in [1.165, 1.54) is 16.8 Å². The molecule has 1 amide bonds. The lowest BCUT2D eigenvalue weighted by atomic mass is 9.92. The third kappa shape index (κ3) is 3.45.